The molecule has 2 aromatic carbocycles. The topological polar surface area (TPSA) is 67.8 Å². The maximum atomic E-state index is 13.7. The van der Waals surface area contributed by atoms with Crippen LogP contribution in [0.5, 0.6) is 0 Å². The third-order valence-corrected chi connectivity index (χ3v) is 7.58. The van der Waals surface area contributed by atoms with E-state index in [1.165, 1.54) is 7.11 Å². The van der Waals surface area contributed by atoms with Crippen LogP contribution in [0.15, 0.2) is 58.0 Å². The Hall–Kier alpha value is -2.47. The van der Waals surface area contributed by atoms with E-state index in [1.54, 1.807) is 0 Å². The number of fused-ring (bicyclic) bond motifs is 1. The quantitative estimate of drug-likeness (QED) is 0.704. The van der Waals surface area contributed by atoms with Gasteiger partial charge in [0.15, 0.2) is 0 Å². The standard InChI is InChI=1S/C24H23BrN2O3/c1-23(21(28)27-20-16-12-24(20,13-16)22(29)30-2)11-15-10-17(25)8-9-18(15)26-19(23)14-6-4-3-5-7-14/h3-11,16,19-20H,12-13H2,1-2H3,(H,27,28). The zero-order valence-electron chi connectivity index (χ0n) is 16.9. The predicted molar refractivity (Wildman–Crippen MR) is 116 cm³/mol. The summed E-state index contributed by atoms with van der Waals surface area (Å²) in [6.45, 7) is 1.93. The van der Waals surface area contributed by atoms with E-state index in [-0.39, 0.29) is 24.0 Å². The first kappa shape index (κ1) is 19.5. The van der Waals surface area contributed by atoms with Gasteiger partial charge >= 0.3 is 5.97 Å². The first-order valence-corrected chi connectivity index (χ1v) is 11.0. The lowest BCUT2D eigenvalue weighted by molar-refractivity contribution is -0.203. The number of benzene rings is 2. The van der Waals surface area contributed by atoms with Crippen LogP contribution in [-0.2, 0) is 14.3 Å². The summed E-state index contributed by atoms with van der Waals surface area (Å²) in [5.41, 5.74) is -0.434. The molecule has 3 unspecified atom stereocenters. The first-order chi connectivity index (χ1) is 14.4. The molecule has 2 aromatic rings. The van der Waals surface area contributed by atoms with E-state index in [4.69, 9.17) is 9.73 Å². The maximum Gasteiger partial charge on any atom is 0.313 e. The molecule has 0 spiro atoms. The molecular formula is C24H23BrN2O3. The summed E-state index contributed by atoms with van der Waals surface area (Å²) in [4.78, 5) is 30.9. The van der Waals surface area contributed by atoms with Gasteiger partial charge in [-0.25, -0.2) is 0 Å². The van der Waals surface area contributed by atoms with Crippen molar-refractivity contribution >= 4 is 33.9 Å². The Morgan fingerprint density at radius 2 is 1.90 bits per heavy atom. The van der Waals surface area contributed by atoms with Gasteiger partial charge in [0.2, 0.25) is 5.91 Å². The Bertz CT molecular complexity index is 1160. The average Bonchev–Trinajstić information content (AvgIpc) is 2.70. The fourth-order valence-corrected chi connectivity index (χ4v) is 5.60. The summed E-state index contributed by atoms with van der Waals surface area (Å²) in [6.07, 6.45) is 3.61. The molecular weight excluding hydrogens is 444 g/mol. The number of rotatable bonds is 4. The molecule has 1 aliphatic heterocycles. The van der Waals surface area contributed by atoms with Gasteiger partial charge < -0.3 is 10.1 Å². The molecule has 3 saturated carbocycles. The van der Waals surface area contributed by atoms with Gasteiger partial charge in [-0.2, -0.15) is 0 Å². The Labute approximate surface area is 183 Å². The Kier molecular flexibility index (Phi) is 4.40. The van der Waals surface area contributed by atoms with Gasteiger partial charge in [0.1, 0.15) is 0 Å². The second kappa shape index (κ2) is 6.77. The van der Waals surface area contributed by atoms with Crippen molar-refractivity contribution in [2.75, 3.05) is 7.11 Å². The fraction of sp³-hybridized carbons (Fsp3) is 0.375. The molecule has 1 amide bonds. The molecule has 154 valence electrons. The van der Waals surface area contributed by atoms with E-state index in [9.17, 15) is 9.59 Å². The second-order valence-corrected chi connectivity index (χ2v) is 9.76. The van der Waals surface area contributed by atoms with Crippen molar-refractivity contribution in [1.82, 2.24) is 5.32 Å². The molecule has 3 aliphatic carbocycles. The molecule has 1 heterocycles. The van der Waals surface area contributed by atoms with Crippen LogP contribution in [0.1, 0.15) is 31.4 Å². The molecule has 6 heteroatoms. The summed E-state index contributed by atoms with van der Waals surface area (Å²) in [5, 5.41) is 4.98. The molecule has 0 saturated heterocycles. The molecule has 0 aromatic heterocycles. The number of carbonyl (C=O) groups excluding carboxylic acids is 2. The third kappa shape index (κ3) is 2.69. The predicted octanol–water partition coefficient (Wildman–Crippen LogP) is 2.68. The van der Waals surface area contributed by atoms with Gasteiger partial charge in [-0.1, -0.05) is 52.3 Å². The number of ether oxygens (including phenoxy) is 1. The van der Waals surface area contributed by atoms with Crippen LogP contribution in [-0.4, -0.2) is 25.0 Å². The zero-order valence-corrected chi connectivity index (χ0v) is 18.5. The van der Waals surface area contributed by atoms with E-state index in [2.05, 4.69) is 21.2 Å². The van der Waals surface area contributed by atoms with Crippen LogP contribution >= 0.6 is 15.9 Å². The SMILES string of the molecule is COC(=O)C12CC(C1)C2NC(=O)C1(C)C=c2cc(Br)ccc2=NC1c1ccccc1. The number of methoxy groups -OCH3 is 1. The largest absolute Gasteiger partial charge is 0.469 e. The molecule has 3 atom stereocenters. The number of carbonyl (C=O) groups is 2. The van der Waals surface area contributed by atoms with Crippen LogP contribution in [0.3, 0.4) is 0 Å². The lowest BCUT2D eigenvalue weighted by Gasteiger charge is -2.66. The summed E-state index contributed by atoms with van der Waals surface area (Å²) < 4.78 is 5.95. The summed E-state index contributed by atoms with van der Waals surface area (Å²) in [6, 6.07) is 15.3. The summed E-state index contributed by atoms with van der Waals surface area (Å²) in [7, 11) is 1.41. The van der Waals surface area contributed by atoms with Crippen molar-refractivity contribution in [3.8, 4) is 0 Å². The van der Waals surface area contributed by atoms with E-state index < -0.39 is 10.8 Å². The van der Waals surface area contributed by atoms with Crippen molar-refractivity contribution < 1.29 is 14.3 Å². The Morgan fingerprint density at radius 1 is 1.17 bits per heavy atom. The van der Waals surface area contributed by atoms with Gasteiger partial charge in [-0.3, -0.25) is 14.6 Å². The lowest BCUT2D eigenvalue weighted by Crippen LogP contribution is -2.76. The fourth-order valence-electron chi connectivity index (χ4n) is 5.22. The number of nitrogens with one attached hydrogen (secondary N) is 1. The number of hydrogen-bond donors (Lipinski definition) is 1. The molecule has 0 radical (unpaired) electrons. The molecule has 2 bridgehead atoms. The number of amides is 1. The Balaban J connectivity index is 1.54. The molecule has 6 rings (SSSR count). The van der Waals surface area contributed by atoms with Gasteiger partial charge in [-0.05, 0) is 54.7 Å². The van der Waals surface area contributed by atoms with E-state index in [0.29, 0.717) is 5.92 Å². The zero-order chi connectivity index (χ0) is 21.1. The van der Waals surface area contributed by atoms with Crippen molar-refractivity contribution in [3.63, 3.8) is 0 Å². The van der Waals surface area contributed by atoms with Crippen molar-refractivity contribution in [1.29, 1.82) is 0 Å². The minimum absolute atomic E-state index is 0.103. The van der Waals surface area contributed by atoms with Gasteiger partial charge in [0, 0.05) is 10.5 Å². The molecule has 5 nitrogen and oxygen atoms in total. The normalized spacial score (nSPS) is 33.0. The van der Waals surface area contributed by atoms with Crippen molar-refractivity contribution in [3.05, 3.63) is 69.1 Å². The maximum absolute atomic E-state index is 13.7. The molecule has 4 aliphatic rings. The van der Waals surface area contributed by atoms with E-state index in [1.807, 2.05) is 61.5 Å². The highest BCUT2D eigenvalue weighted by Gasteiger charge is 2.71. The minimum atomic E-state index is -0.880. The van der Waals surface area contributed by atoms with E-state index in [0.717, 1.165) is 33.5 Å². The minimum Gasteiger partial charge on any atom is -0.469 e. The summed E-state index contributed by atoms with van der Waals surface area (Å²) in [5.74, 6) is 0.0360. The lowest BCUT2D eigenvalue weighted by atomic mass is 9.40. The summed E-state index contributed by atoms with van der Waals surface area (Å²) >= 11 is 3.52. The third-order valence-electron chi connectivity index (χ3n) is 7.08. The molecule has 1 N–H and O–H groups in total. The van der Waals surface area contributed by atoms with Crippen molar-refractivity contribution in [2.24, 2.45) is 21.7 Å². The van der Waals surface area contributed by atoms with Crippen LogP contribution < -0.4 is 15.9 Å². The monoisotopic (exact) mass is 466 g/mol. The highest BCUT2D eigenvalue weighted by molar-refractivity contribution is 9.10. The molecule has 30 heavy (non-hydrogen) atoms. The molecule has 3 fully saturated rings. The average molecular weight is 467 g/mol. The first-order valence-electron chi connectivity index (χ1n) is 10.2. The van der Waals surface area contributed by atoms with Crippen LogP contribution in [0.25, 0.3) is 6.08 Å². The smallest absolute Gasteiger partial charge is 0.313 e. The van der Waals surface area contributed by atoms with Gasteiger partial charge in [0.05, 0.1) is 29.3 Å². The number of hydrogen-bond acceptors (Lipinski definition) is 4. The Morgan fingerprint density at radius 3 is 2.53 bits per heavy atom. The number of nitrogens with zero attached hydrogens (tertiary/aromatic N) is 1. The van der Waals surface area contributed by atoms with Gasteiger partial charge in [-0.15, -0.1) is 0 Å². The highest BCUT2D eigenvalue weighted by Crippen LogP contribution is 2.65. The van der Waals surface area contributed by atoms with Gasteiger partial charge in [0.25, 0.3) is 0 Å². The van der Waals surface area contributed by atoms with Crippen LogP contribution in [0.2, 0.25) is 0 Å². The number of halogens is 1. The highest BCUT2D eigenvalue weighted by atomic mass is 79.9. The number of esters is 1. The van der Waals surface area contributed by atoms with Crippen LogP contribution in [0, 0.1) is 16.7 Å². The van der Waals surface area contributed by atoms with E-state index >= 15 is 0 Å². The van der Waals surface area contributed by atoms with Crippen molar-refractivity contribution in [2.45, 2.75) is 31.8 Å². The second-order valence-electron chi connectivity index (χ2n) is 8.84. The van der Waals surface area contributed by atoms with Crippen LogP contribution in [0.4, 0.5) is 0 Å².